The van der Waals surface area contributed by atoms with Gasteiger partial charge in [0.1, 0.15) is 11.5 Å². The Morgan fingerprint density at radius 3 is 2.61 bits per heavy atom. The Labute approximate surface area is 134 Å². The fourth-order valence-corrected chi connectivity index (χ4v) is 2.19. The molecule has 0 atom stereocenters. The monoisotopic (exact) mass is 307 g/mol. The van der Waals surface area contributed by atoms with Crippen LogP contribution >= 0.6 is 0 Å². The molecule has 0 spiro atoms. The lowest BCUT2D eigenvalue weighted by molar-refractivity contribution is 0.0937. The summed E-state index contributed by atoms with van der Waals surface area (Å²) in [4.78, 5) is 24.6. The van der Waals surface area contributed by atoms with Crippen LogP contribution in [-0.4, -0.2) is 26.9 Å². The van der Waals surface area contributed by atoms with Crippen LogP contribution in [0.4, 0.5) is 11.5 Å². The summed E-state index contributed by atoms with van der Waals surface area (Å²) in [6, 6.07) is 9.83. The molecule has 1 amide bonds. The van der Waals surface area contributed by atoms with Gasteiger partial charge in [0.25, 0.3) is 5.91 Å². The zero-order chi connectivity index (χ0) is 16.2. The second-order valence-corrected chi connectivity index (χ2v) is 5.42. The highest BCUT2D eigenvalue weighted by atomic mass is 16.1. The Morgan fingerprint density at radius 1 is 1.04 bits per heavy atom. The quantitative estimate of drug-likeness (QED) is 0.774. The van der Waals surface area contributed by atoms with E-state index in [0.29, 0.717) is 11.5 Å². The molecule has 0 aliphatic heterocycles. The van der Waals surface area contributed by atoms with Crippen LogP contribution in [-0.2, 0) is 0 Å². The number of nitrogens with zero attached hydrogens (tertiary/aromatic N) is 3. The van der Waals surface area contributed by atoms with Gasteiger partial charge in [0.15, 0.2) is 0 Å². The number of hydrogen-bond donors (Lipinski definition) is 2. The SMILES string of the molecule is CC(C)NC(=O)c1cnc(Nc2cccc3cccnc23)cn1. The number of hydrogen-bond acceptors (Lipinski definition) is 5. The molecule has 0 bridgehead atoms. The first-order valence-corrected chi connectivity index (χ1v) is 7.37. The highest BCUT2D eigenvalue weighted by Gasteiger charge is 2.09. The number of anilines is 2. The van der Waals surface area contributed by atoms with Crippen molar-refractivity contribution in [1.29, 1.82) is 0 Å². The van der Waals surface area contributed by atoms with E-state index < -0.39 is 0 Å². The van der Waals surface area contributed by atoms with E-state index >= 15 is 0 Å². The van der Waals surface area contributed by atoms with Crippen molar-refractivity contribution in [2.24, 2.45) is 0 Å². The average Bonchev–Trinajstić information content (AvgIpc) is 2.55. The van der Waals surface area contributed by atoms with Crippen molar-refractivity contribution in [3.8, 4) is 0 Å². The van der Waals surface area contributed by atoms with E-state index in [4.69, 9.17) is 0 Å². The molecule has 3 rings (SSSR count). The van der Waals surface area contributed by atoms with Crippen LogP contribution in [0.5, 0.6) is 0 Å². The van der Waals surface area contributed by atoms with Gasteiger partial charge >= 0.3 is 0 Å². The second-order valence-electron chi connectivity index (χ2n) is 5.42. The van der Waals surface area contributed by atoms with Crippen molar-refractivity contribution in [2.75, 3.05) is 5.32 Å². The Bertz CT molecular complexity index is 825. The van der Waals surface area contributed by atoms with Gasteiger partial charge in [0.05, 0.1) is 23.6 Å². The summed E-state index contributed by atoms with van der Waals surface area (Å²) < 4.78 is 0. The van der Waals surface area contributed by atoms with Gasteiger partial charge in [-0.1, -0.05) is 18.2 Å². The molecule has 1 aromatic carbocycles. The molecular weight excluding hydrogens is 290 g/mol. The van der Waals surface area contributed by atoms with Crippen molar-refractivity contribution in [3.05, 3.63) is 54.6 Å². The minimum atomic E-state index is -0.231. The summed E-state index contributed by atoms with van der Waals surface area (Å²) in [6.07, 6.45) is 4.74. The van der Waals surface area contributed by atoms with Crippen LogP contribution in [0.2, 0.25) is 0 Å². The highest BCUT2D eigenvalue weighted by Crippen LogP contribution is 2.23. The summed E-state index contributed by atoms with van der Waals surface area (Å²) in [7, 11) is 0. The Hall–Kier alpha value is -3.02. The molecule has 23 heavy (non-hydrogen) atoms. The number of amides is 1. The number of carbonyl (C=O) groups excluding carboxylic acids is 1. The molecule has 6 heteroatoms. The highest BCUT2D eigenvalue weighted by molar-refractivity contribution is 5.93. The first-order chi connectivity index (χ1) is 11.1. The van der Waals surface area contributed by atoms with E-state index in [2.05, 4.69) is 25.6 Å². The number of fused-ring (bicyclic) bond motifs is 1. The van der Waals surface area contributed by atoms with Crippen LogP contribution in [0, 0.1) is 0 Å². The maximum atomic E-state index is 11.9. The van der Waals surface area contributed by atoms with Gasteiger partial charge in [-0.2, -0.15) is 0 Å². The van der Waals surface area contributed by atoms with Crippen molar-refractivity contribution in [3.63, 3.8) is 0 Å². The molecular formula is C17H17N5O. The largest absolute Gasteiger partial charge is 0.348 e. The smallest absolute Gasteiger partial charge is 0.271 e. The lowest BCUT2D eigenvalue weighted by atomic mass is 10.2. The van der Waals surface area contributed by atoms with Crippen molar-refractivity contribution < 1.29 is 4.79 Å². The van der Waals surface area contributed by atoms with E-state index in [1.807, 2.05) is 44.2 Å². The Morgan fingerprint density at radius 2 is 1.87 bits per heavy atom. The first-order valence-electron chi connectivity index (χ1n) is 7.37. The Kier molecular flexibility index (Phi) is 4.14. The standard InChI is InChI=1S/C17H17N5O/c1-11(2)21-17(23)14-9-20-15(10-19-14)22-13-7-3-5-12-6-4-8-18-16(12)13/h3-11H,1-2H3,(H,20,22)(H,21,23). The van der Waals surface area contributed by atoms with Crippen LogP contribution < -0.4 is 10.6 Å². The number of nitrogens with one attached hydrogen (secondary N) is 2. The van der Waals surface area contributed by atoms with E-state index in [1.54, 1.807) is 6.20 Å². The van der Waals surface area contributed by atoms with Crippen molar-refractivity contribution in [1.82, 2.24) is 20.3 Å². The summed E-state index contributed by atoms with van der Waals surface area (Å²) in [5.74, 6) is 0.329. The van der Waals surface area contributed by atoms with Crippen LogP contribution in [0.1, 0.15) is 24.3 Å². The van der Waals surface area contributed by atoms with Crippen LogP contribution in [0.15, 0.2) is 48.9 Å². The molecule has 0 fully saturated rings. The molecule has 0 unspecified atom stereocenters. The topological polar surface area (TPSA) is 79.8 Å². The second kappa shape index (κ2) is 6.39. The number of pyridine rings is 1. The van der Waals surface area contributed by atoms with Gasteiger partial charge in [-0.3, -0.25) is 9.78 Å². The molecule has 0 saturated heterocycles. The van der Waals surface area contributed by atoms with Gasteiger partial charge in [0.2, 0.25) is 0 Å². The van der Waals surface area contributed by atoms with E-state index in [9.17, 15) is 4.79 Å². The molecule has 116 valence electrons. The van der Waals surface area contributed by atoms with Gasteiger partial charge in [-0.05, 0) is 26.0 Å². The van der Waals surface area contributed by atoms with Gasteiger partial charge in [0, 0.05) is 17.6 Å². The molecule has 2 heterocycles. The van der Waals surface area contributed by atoms with E-state index in [0.717, 1.165) is 16.6 Å². The zero-order valence-electron chi connectivity index (χ0n) is 12.9. The van der Waals surface area contributed by atoms with Crippen LogP contribution in [0.25, 0.3) is 10.9 Å². The average molecular weight is 307 g/mol. The number of carbonyl (C=O) groups is 1. The molecule has 0 aliphatic carbocycles. The van der Waals surface area contributed by atoms with E-state index in [1.165, 1.54) is 12.4 Å². The number of benzene rings is 1. The molecule has 0 saturated carbocycles. The minimum absolute atomic E-state index is 0.0591. The maximum absolute atomic E-state index is 11.9. The third kappa shape index (κ3) is 3.42. The van der Waals surface area contributed by atoms with Gasteiger partial charge < -0.3 is 10.6 Å². The van der Waals surface area contributed by atoms with Crippen LogP contribution in [0.3, 0.4) is 0 Å². The number of para-hydroxylation sites is 1. The molecule has 2 N–H and O–H groups in total. The molecule has 3 aromatic rings. The summed E-state index contributed by atoms with van der Waals surface area (Å²) in [6.45, 7) is 3.80. The molecule has 0 aliphatic rings. The first kappa shape index (κ1) is 14.9. The summed E-state index contributed by atoms with van der Waals surface area (Å²) in [5.41, 5.74) is 2.00. The van der Waals surface area contributed by atoms with Gasteiger partial charge in [-0.15, -0.1) is 0 Å². The summed E-state index contributed by atoms with van der Waals surface area (Å²) in [5, 5.41) is 7.01. The van der Waals surface area contributed by atoms with Crippen molar-refractivity contribution in [2.45, 2.75) is 19.9 Å². The number of aromatic nitrogens is 3. The fourth-order valence-electron chi connectivity index (χ4n) is 2.19. The molecule has 2 aromatic heterocycles. The predicted molar refractivity (Wildman–Crippen MR) is 89.7 cm³/mol. The molecule has 0 radical (unpaired) electrons. The van der Waals surface area contributed by atoms with Crippen molar-refractivity contribution >= 4 is 28.3 Å². The lowest BCUT2D eigenvalue weighted by Gasteiger charge is -2.09. The zero-order valence-corrected chi connectivity index (χ0v) is 12.9. The predicted octanol–water partition coefficient (Wildman–Crippen LogP) is 2.91. The third-order valence-corrected chi connectivity index (χ3v) is 3.20. The fraction of sp³-hybridized carbons (Fsp3) is 0.176. The lowest BCUT2D eigenvalue weighted by Crippen LogP contribution is -2.30. The Balaban J connectivity index is 1.81. The summed E-state index contributed by atoms with van der Waals surface area (Å²) >= 11 is 0. The maximum Gasteiger partial charge on any atom is 0.271 e. The minimum Gasteiger partial charge on any atom is -0.348 e. The van der Waals surface area contributed by atoms with Gasteiger partial charge in [-0.25, -0.2) is 9.97 Å². The molecule has 6 nitrogen and oxygen atoms in total. The van der Waals surface area contributed by atoms with E-state index in [-0.39, 0.29) is 11.9 Å². The normalized spacial score (nSPS) is 10.7. The third-order valence-electron chi connectivity index (χ3n) is 3.20. The number of rotatable bonds is 4.